The lowest BCUT2D eigenvalue weighted by molar-refractivity contribution is 0.0746. The van der Waals surface area contributed by atoms with Crippen molar-refractivity contribution in [3.63, 3.8) is 0 Å². The van der Waals surface area contributed by atoms with Crippen molar-refractivity contribution in [2.75, 3.05) is 11.9 Å². The monoisotopic (exact) mass is 276 g/mol. The maximum absolute atomic E-state index is 9.99. The number of thiazole rings is 1. The third-order valence-corrected chi connectivity index (χ3v) is 3.82. The molecule has 3 nitrogen and oxygen atoms in total. The molecule has 2 aromatic rings. The molecule has 0 amide bonds. The quantitative estimate of drug-likeness (QED) is 0.896. The summed E-state index contributed by atoms with van der Waals surface area (Å²) in [6.45, 7) is 6.59. The molecule has 0 aliphatic rings. The number of aromatic nitrogens is 1. The van der Waals surface area contributed by atoms with E-state index in [1.54, 1.807) is 11.3 Å². The van der Waals surface area contributed by atoms with Gasteiger partial charge in [0.25, 0.3) is 0 Å². The predicted molar refractivity (Wildman–Crippen MR) is 81.5 cm³/mol. The molecular formula is C15H20N2OS. The Hall–Kier alpha value is -1.39. The summed E-state index contributed by atoms with van der Waals surface area (Å²) >= 11 is 1.56. The Bertz CT molecular complexity index is 516. The van der Waals surface area contributed by atoms with Crippen LogP contribution in [-0.2, 0) is 0 Å². The van der Waals surface area contributed by atoms with Gasteiger partial charge in [0.1, 0.15) is 0 Å². The molecule has 1 unspecified atom stereocenters. The van der Waals surface area contributed by atoms with Crippen LogP contribution < -0.4 is 5.32 Å². The molecule has 4 heteroatoms. The lowest BCUT2D eigenvalue weighted by Gasteiger charge is -2.25. The van der Waals surface area contributed by atoms with E-state index in [0.717, 1.165) is 16.4 Å². The van der Waals surface area contributed by atoms with Crippen LogP contribution in [0.25, 0.3) is 11.3 Å². The van der Waals surface area contributed by atoms with Crippen LogP contribution >= 0.6 is 11.3 Å². The first kappa shape index (κ1) is 14.0. The minimum absolute atomic E-state index is 0.119. The van der Waals surface area contributed by atoms with Crippen molar-refractivity contribution < 1.29 is 5.11 Å². The van der Waals surface area contributed by atoms with Crippen LogP contribution in [0.1, 0.15) is 20.8 Å². The van der Waals surface area contributed by atoms with Gasteiger partial charge >= 0.3 is 0 Å². The summed E-state index contributed by atoms with van der Waals surface area (Å²) in [6.07, 6.45) is -0.392. The largest absolute Gasteiger partial charge is 0.391 e. The predicted octanol–water partition coefficient (Wildman–Crippen LogP) is 3.63. The van der Waals surface area contributed by atoms with Crippen molar-refractivity contribution in [1.82, 2.24) is 4.98 Å². The number of aliphatic hydroxyl groups excluding tert-OH is 1. The number of benzene rings is 1. The number of aliphatic hydroxyl groups is 1. The highest BCUT2D eigenvalue weighted by Crippen LogP contribution is 2.25. The average molecular weight is 276 g/mol. The third kappa shape index (κ3) is 3.78. The van der Waals surface area contributed by atoms with Crippen molar-refractivity contribution >= 4 is 16.5 Å². The summed E-state index contributed by atoms with van der Waals surface area (Å²) < 4.78 is 0. The topological polar surface area (TPSA) is 45.1 Å². The maximum atomic E-state index is 9.99. The fourth-order valence-corrected chi connectivity index (χ4v) is 2.32. The Morgan fingerprint density at radius 3 is 2.58 bits per heavy atom. The molecule has 0 aliphatic heterocycles. The Labute approximate surface area is 118 Å². The smallest absolute Gasteiger partial charge is 0.183 e. The molecule has 1 aromatic carbocycles. The molecule has 0 spiro atoms. The van der Waals surface area contributed by atoms with Crippen LogP contribution in [-0.4, -0.2) is 22.7 Å². The van der Waals surface area contributed by atoms with Gasteiger partial charge in [-0.2, -0.15) is 0 Å². The molecule has 1 atom stereocenters. The Morgan fingerprint density at radius 1 is 1.26 bits per heavy atom. The van der Waals surface area contributed by atoms with E-state index in [2.05, 4.69) is 10.3 Å². The molecule has 19 heavy (non-hydrogen) atoms. The van der Waals surface area contributed by atoms with Gasteiger partial charge in [-0.3, -0.25) is 0 Å². The summed E-state index contributed by atoms with van der Waals surface area (Å²) in [4.78, 5) is 4.53. The van der Waals surface area contributed by atoms with E-state index >= 15 is 0 Å². The zero-order chi connectivity index (χ0) is 13.9. The highest BCUT2D eigenvalue weighted by molar-refractivity contribution is 7.14. The van der Waals surface area contributed by atoms with Crippen molar-refractivity contribution in [3.8, 4) is 11.3 Å². The number of anilines is 1. The second kappa shape index (κ2) is 5.72. The molecule has 102 valence electrons. The van der Waals surface area contributed by atoms with Gasteiger partial charge in [-0.1, -0.05) is 51.1 Å². The summed E-state index contributed by atoms with van der Waals surface area (Å²) in [5.41, 5.74) is 1.97. The summed E-state index contributed by atoms with van der Waals surface area (Å²) in [6, 6.07) is 10.1. The van der Waals surface area contributed by atoms with Crippen LogP contribution in [0.3, 0.4) is 0 Å². The fraction of sp³-hybridized carbons (Fsp3) is 0.400. The highest BCUT2D eigenvalue weighted by atomic mass is 32.1. The van der Waals surface area contributed by atoms with Crippen LogP contribution in [0, 0.1) is 5.41 Å². The molecule has 2 N–H and O–H groups in total. The molecule has 0 radical (unpaired) electrons. The standard InChI is InChI=1S/C15H20N2OS/c1-15(2,3)13(18)9-16-14-17-12(10-19-14)11-7-5-4-6-8-11/h4-8,10,13,18H,9H2,1-3H3,(H,16,17). The molecule has 2 rings (SSSR count). The summed E-state index contributed by atoms with van der Waals surface area (Å²) in [7, 11) is 0. The number of nitrogens with one attached hydrogen (secondary N) is 1. The lowest BCUT2D eigenvalue weighted by Crippen LogP contribution is -2.32. The van der Waals surface area contributed by atoms with E-state index < -0.39 is 6.10 Å². The van der Waals surface area contributed by atoms with E-state index in [0.29, 0.717) is 6.54 Å². The number of rotatable bonds is 4. The van der Waals surface area contributed by atoms with Crippen molar-refractivity contribution in [2.24, 2.45) is 5.41 Å². The molecule has 0 saturated heterocycles. The summed E-state index contributed by atoms with van der Waals surface area (Å²) in [5, 5.41) is 16.1. The first-order chi connectivity index (χ1) is 8.97. The SMILES string of the molecule is CC(C)(C)C(O)CNc1nc(-c2ccccc2)cs1. The minimum Gasteiger partial charge on any atom is -0.391 e. The Balaban J connectivity index is 1.99. The van der Waals surface area contributed by atoms with Crippen LogP contribution in [0.2, 0.25) is 0 Å². The average Bonchev–Trinajstić information content (AvgIpc) is 2.84. The zero-order valence-corrected chi connectivity index (χ0v) is 12.4. The minimum atomic E-state index is -0.392. The van der Waals surface area contributed by atoms with E-state index in [1.807, 2.05) is 56.5 Å². The van der Waals surface area contributed by atoms with E-state index in [4.69, 9.17) is 0 Å². The molecule has 0 bridgehead atoms. The Kier molecular flexibility index (Phi) is 4.22. The van der Waals surface area contributed by atoms with Gasteiger partial charge in [0.05, 0.1) is 11.8 Å². The fourth-order valence-electron chi connectivity index (χ4n) is 1.59. The maximum Gasteiger partial charge on any atom is 0.183 e. The third-order valence-electron chi connectivity index (χ3n) is 3.02. The van der Waals surface area contributed by atoms with Gasteiger partial charge in [-0.05, 0) is 5.41 Å². The number of nitrogens with zero attached hydrogens (tertiary/aromatic N) is 1. The van der Waals surface area contributed by atoms with E-state index in [9.17, 15) is 5.11 Å². The van der Waals surface area contributed by atoms with Crippen LogP contribution in [0.15, 0.2) is 35.7 Å². The van der Waals surface area contributed by atoms with Gasteiger partial charge in [0, 0.05) is 17.5 Å². The number of hydrogen-bond donors (Lipinski definition) is 2. The first-order valence-corrected chi connectivity index (χ1v) is 7.27. The normalized spacial score (nSPS) is 13.3. The van der Waals surface area contributed by atoms with Crippen LogP contribution in [0.4, 0.5) is 5.13 Å². The van der Waals surface area contributed by atoms with E-state index in [1.165, 1.54) is 0 Å². The van der Waals surface area contributed by atoms with Crippen molar-refractivity contribution in [2.45, 2.75) is 26.9 Å². The zero-order valence-electron chi connectivity index (χ0n) is 11.6. The van der Waals surface area contributed by atoms with Crippen molar-refractivity contribution in [3.05, 3.63) is 35.7 Å². The molecular weight excluding hydrogens is 256 g/mol. The van der Waals surface area contributed by atoms with E-state index in [-0.39, 0.29) is 5.41 Å². The Morgan fingerprint density at radius 2 is 1.95 bits per heavy atom. The molecule has 1 aromatic heterocycles. The first-order valence-electron chi connectivity index (χ1n) is 6.40. The second-order valence-corrected chi connectivity index (χ2v) is 6.52. The lowest BCUT2D eigenvalue weighted by atomic mass is 9.89. The van der Waals surface area contributed by atoms with Gasteiger partial charge < -0.3 is 10.4 Å². The molecule has 0 saturated carbocycles. The summed E-state index contributed by atoms with van der Waals surface area (Å²) in [5.74, 6) is 0. The van der Waals surface area contributed by atoms with Crippen LogP contribution in [0.5, 0.6) is 0 Å². The highest BCUT2D eigenvalue weighted by Gasteiger charge is 2.21. The second-order valence-electron chi connectivity index (χ2n) is 5.67. The molecule has 1 heterocycles. The number of hydrogen-bond acceptors (Lipinski definition) is 4. The van der Waals surface area contributed by atoms with Gasteiger partial charge in [0.15, 0.2) is 5.13 Å². The van der Waals surface area contributed by atoms with Gasteiger partial charge in [-0.25, -0.2) is 4.98 Å². The van der Waals surface area contributed by atoms with Gasteiger partial charge in [-0.15, -0.1) is 11.3 Å². The van der Waals surface area contributed by atoms with Crippen molar-refractivity contribution in [1.29, 1.82) is 0 Å². The van der Waals surface area contributed by atoms with Gasteiger partial charge in [0.2, 0.25) is 0 Å². The molecule has 0 fully saturated rings. The molecule has 0 aliphatic carbocycles.